The quantitative estimate of drug-likeness (QED) is 0.801. The van der Waals surface area contributed by atoms with Gasteiger partial charge < -0.3 is 5.11 Å². The molecule has 2 rings (SSSR count). The summed E-state index contributed by atoms with van der Waals surface area (Å²) in [4.78, 5) is 10.7. The first kappa shape index (κ1) is 11.9. The third-order valence-electron chi connectivity index (χ3n) is 3.48. The second-order valence-corrected chi connectivity index (χ2v) is 4.78. The van der Waals surface area contributed by atoms with Gasteiger partial charge in [-0.3, -0.25) is 0 Å². The van der Waals surface area contributed by atoms with Crippen LogP contribution < -0.4 is 0 Å². The van der Waals surface area contributed by atoms with Crippen LogP contribution in [0, 0.1) is 0 Å². The van der Waals surface area contributed by atoms with Crippen LogP contribution in [0.3, 0.4) is 0 Å². The fourth-order valence-electron chi connectivity index (χ4n) is 2.44. The topological polar surface area (TPSA) is 37.3 Å². The highest BCUT2D eigenvalue weighted by Gasteiger charge is 2.16. The van der Waals surface area contributed by atoms with Crippen LogP contribution >= 0.6 is 0 Å². The Kier molecular flexibility index (Phi) is 3.62. The van der Waals surface area contributed by atoms with Gasteiger partial charge in [-0.2, -0.15) is 0 Å². The Balaban J connectivity index is 2.12. The summed E-state index contributed by atoms with van der Waals surface area (Å²) < 4.78 is 0. The second-order valence-electron chi connectivity index (χ2n) is 4.78. The molecule has 0 radical (unpaired) electrons. The van der Waals surface area contributed by atoms with Gasteiger partial charge in [0.1, 0.15) is 0 Å². The molecule has 1 fully saturated rings. The molecule has 1 aliphatic rings. The maximum atomic E-state index is 10.7. The maximum Gasteiger partial charge on any atom is 0.331 e. The molecule has 0 saturated heterocycles. The van der Waals surface area contributed by atoms with Crippen LogP contribution in [0.1, 0.15) is 49.7 Å². The lowest BCUT2D eigenvalue weighted by molar-refractivity contribution is -0.132. The highest BCUT2D eigenvalue weighted by atomic mass is 16.4. The molecule has 1 saturated carbocycles. The molecule has 0 unspecified atom stereocenters. The van der Waals surface area contributed by atoms with E-state index in [1.807, 2.05) is 12.1 Å². The summed E-state index contributed by atoms with van der Waals surface area (Å²) >= 11 is 0. The van der Waals surface area contributed by atoms with Gasteiger partial charge >= 0.3 is 5.97 Å². The van der Waals surface area contributed by atoms with Crippen molar-refractivity contribution in [1.82, 2.24) is 0 Å². The van der Waals surface area contributed by atoms with Gasteiger partial charge in [0.25, 0.3) is 0 Å². The molecule has 0 amide bonds. The Morgan fingerprint density at radius 1 is 1.24 bits per heavy atom. The summed E-state index contributed by atoms with van der Waals surface area (Å²) in [5.41, 5.74) is 2.73. The minimum absolute atomic E-state index is 0.374. The van der Waals surface area contributed by atoms with Crippen LogP contribution in [-0.4, -0.2) is 11.1 Å². The molecule has 90 valence electrons. The van der Waals surface area contributed by atoms with Crippen LogP contribution in [0.5, 0.6) is 0 Å². The molecule has 0 atom stereocenters. The van der Waals surface area contributed by atoms with Gasteiger partial charge in [0, 0.05) is 5.57 Å². The smallest absolute Gasteiger partial charge is 0.331 e. The van der Waals surface area contributed by atoms with E-state index < -0.39 is 5.97 Å². The Morgan fingerprint density at radius 3 is 2.35 bits per heavy atom. The van der Waals surface area contributed by atoms with Crippen molar-refractivity contribution in [2.24, 2.45) is 0 Å². The number of hydrogen-bond acceptors (Lipinski definition) is 1. The molecule has 0 aliphatic heterocycles. The fourth-order valence-corrected chi connectivity index (χ4v) is 2.44. The molecule has 0 aromatic heterocycles. The van der Waals surface area contributed by atoms with Crippen LogP contribution in [0.2, 0.25) is 0 Å². The van der Waals surface area contributed by atoms with Crippen LogP contribution in [0.25, 0.3) is 6.08 Å². The van der Waals surface area contributed by atoms with Crippen molar-refractivity contribution >= 4 is 12.0 Å². The Morgan fingerprint density at radius 2 is 1.82 bits per heavy atom. The molecule has 1 aliphatic carbocycles. The third kappa shape index (κ3) is 2.96. The molecular weight excluding hydrogens is 212 g/mol. The van der Waals surface area contributed by atoms with E-state index in [0.29, 0.717) is 11.5 Å². The average Bonchev–Trinajstić information content (AvgIpc) is 2.83. The molecule has 1 aromatic carbocycles. The molecule has 0 spiro atoms. The minimum atomic E-state index is -0.857. The van der Waals surface area contributed by atoms with Gasteiger partial charge in [-0.15, -0.1) is 0 Å². The molecule has 2 heteroatoms. The van der Waals surface area contributed by atoms with Gasteiger partial charge in [-0.1, -0.05) is 37.1 Å². The van der Waals surface area contributed by atoms with Crippen LogP contribution in [0.4, 0.5) is 0 Å². The number of rotatable bonds is 3. The van der Waals surface area contributed by atoms with Gasteiger partial charge in [0.15, 0.2) is 0 Å². The van der Waals surface area contributed by atoms with E-state index in [9.17, 15) is 4.79 Å². The second kappa shape index (κ2) is 5.17. The Bertz CT molecular complexity index is 423. The van der Waals surface area contributed by atoms with Gasteiger partial charge in [0.05, 0.1) is 0 Å². The van der Waals surface area contributed by atoms with E-state index in [4.69, 9.17) is 5.11 Å². The van der Waals surface area contributed by atoms with Crippen molar-refractivity contribution in [3.05, 3.63) is 41.0 Å². The SMILES string of the molecule is C/C(=C\c1ccc(C2CCCC2)cc1)C(=O)O. The summed E-state index contributed by atoms with van der Waals surface area (Å²) in [6.45, 7) is 1.62. The predicted octanol–water partition coefficient (Wildman–Crippen LogP) is 3.83. The van der Waals surface area contributed by atoms with Gasteiger partial charge in [0.2, 0.25) is 0 Å². The highest BCUT2D eigenvalue weighted by Crippen LogP contribution is 2.34. The van der Waals surface area contributed by atoms with Gasteiger partial charge in [-0.05, 0) is 42.9 Å². The van der Waals surface area contributed by atoms with E-state index in [1.165, 1.54) is 31.2 Å². The molecule has 17 heavy (non-hydrogen) atoms. The summed E-state index contributed by atoms with van der Waals surface area (Å²) in [7, 11) is 0. The van der Waals surface area contributed by atoms with E-state index in [-0.39, 0.29) is 0 Å². The van der Waals surface area contributed by atoms with E-state index in [2.05, 4.69) is 12.1 Å². The lowest BCUT2D eigenvalue weighted by atomic mass is 9.96. The largest absolute Gasteiger partial charge is 0.478 e. The van der Waals surface area contributed by atoms with E-state index >= 15 is 0 Å². The van der Waals surface area contributed by atoms with Crippen LogP contribution in [0.15, 0.2) is 29.8 Å². The predicted molar refractivity (Wildman–Crippen MR) is 68.9 cm³/mol. The minimum Gasteiger partial charge on any atom is -0.478 e. The molecule has 0 bridgehead atoms. The third-order valence-corrected chi connectivity index (χ3v) is 3.48. The maximum absolute atomic E-state index is 10.7. The monoisotopic (exact) mass is 230 g/mol. The first-order chi connectivity index (χ1) is 8.16. The standard InChI is InChI=1S/C15H18O2/c1-11(15(16)17)10-12-6-8-14(9-7-12)13-4-2-3-5-13/h6-10,13H,2-5H2,1H3,(H,16,17)/b11-10+. The van der Waals surface area contributed by atoms with Crippen molar-refractivity contribution < 1.29 is 9.90 Å². The van der Waals surface area contributed by atoms with E-state index in [0.717, 1.165) is 5.56 Å². The molecule has 0 heterocycles. The highest BCUT2D eigenvalue weighted by molar-refractivity contribution is 5.91. The van der Waals surface area contributed by atoms with Gasteiger partial charge in [-0.25, -0.2) is 4.79 Å². The Hall–Kier alpha value is -1.57. The first-order valence-electron chi connectivity index (χ1n) is 6.18. The number of carboxylic acids is 1. The summed E-state index contributed by atoms with van der Waals surface area (Å²) in [6, 6.07) is 8.30. The summed E-state index contributed by atoms with van der Waals surface area (Å²) in [5.74, 6) is -0.140. The molecular formula is C15H18O2. The lowest BCUT2D eigenvalue weighted by Gasteiger charge is -2.09. The number of carbonyl (C=O) groups is 1. The van der Waals surface area contributed by atoms with E-state index in [1.54, 1.807) is 13.0 Å². The Labute approximate surface area is 102 Å². The summed E-state index contributed by atoms with van der Waals surface area (Å²) in [5, 5.41) is 8.80. The van der Waals surface area contributed by atoms with Crippen molar-refractivity contribution in [1.29, 1.82) is 0 Å². The van der Waals surface area contributed by atoms with Crippen LogP contribution in [-0.2, 0) is 4.79 Å². The number of aliphatic carboxylic acids is 1. The van der Waals surface area contributed by atoms with Crippen molar-refractivity contribution in [2.75, 3.05) is 0 Å². The van der Waals surface area contributed by atoms with Crippen molar-refractivity contribution in [3.63, 3.8) is 0 Å². The molecule has 1 N–H and O–H groups in total. The molecule has 1 aromatic rings. The fraction of sp³-hybridized carbons (Fsp3) is 0.400. The van der Waals surface area contributed by atoms with Crippen molar-refractivity contribution in [2.45, 2.75) is 38.5 Å². The zero-order valence-electron chi connectivity index (χ0n) is 10.1. The lowest BCUT2D eigenvalue weighted by Crippen LogP contribution is -1.96. The number of benzene rings is 1. The first-order valence-corrected chi connectivity index (χ1v) is 6.18. The van der Waals surface area contributed by atoms with Crippen molar-refractivity contribution in [3.8, 4) is 0 Å². The molecule has 2 nitrogen and oxygen atoms in total. The summed E-state index contributed by atoms with van der Waals surface area (Å²) in [6.07, 6.45) is 6.97. The zero-order valence-corrected chi connectivity index (χ0v) is 10.1. The zero-order chi connectivity index (χ0) is 12.3. The average molecular weight is 230 g/mol. The number of carboxylic acid groups (broad SMARTS) is 1. The number of hydrogen-bond donors (Lipinski definition) is 1. The normalized spacial score (nSPS) is 17.4.